The third kappa shape index (κ3) is 1.27. The first-order valence-corrected chi connectivity index (χ1v) is 4.29. The summed E-state index contributed by atoms with van der Waals surface area (Å²) in [6.45, 7) is 0. The minimum Gasteiger partial charge on any atom is -0.386 e. The lowest BCUT2D eigenvalue weighted by molar-refractivity contribution is 0.271. The summed E-state index contributed by atoms with van der Waals surface area (Å²) < 4.78 is 0. The fourth-order valence-electron chi connectivity index (χ4n) is 1.46. The van der Waals surface area contributed by atoms with Crippen LogP contribution in [-0.2, 0) is 4.84 Å². The maximum absolute atomic E-state index is 4.86. The Labute approximate surface area is 81.4 Å². The monoisotopic (exact) mass is 192 g/mol. The van der Waals surface area contributed by atoms with E-state index in [1.807, 2.05) is 19.3 Å². The van der Waals surface area contributed by atoms with E-state index in [9.17, 15) is 0 Å². The number of aromatic amines is 1. The van der Waals surface area contributed by atoms with Crippen LogP contribution in [0.15, 0.2) is 18.5 Å². The third-order valence-electron chi connectivity index (χ3n) is 2.05. The van der Waals surface area contributed by atoms with E-state index < -0.39 is 0 Å². The molecule has 0 spiro atoms. The first-order valence-electron chi connectivity index (χ1n) is 4.29. The van der Waals surface area contributed by atoms with Crippen LogP contribution >= 0.6 is 0 Å². The minimum absolute atomic E-state index is 0.821. The van der Waals surface area contributed by atoms with Crippen molar-refractivity contribution in [3.63, 3.8) is 0 Å². The van der Waals surface area contributed by atoms with E-state index in [0.29, 0.717) is 0 Å². The van der Waals surface area contributed by atoms with Crippen LogP contribution in [0.4, 0.5) is 11.4 Å². The Morgan fingerprint density at radius 3 is 3.07 bits per heavy atom. The molecule has 0 aromatic carbocycles. The van der Waals surface area contributed by atoms with Crippen molar-refractivity contribution in [3.05, 3.63) is 18.5 Å². The number of nitrogens with zero attached hydrogens (tertiary/aromatic N) is 1. The molecule has 2 aromatic heterocycles. The third-order valence-corrected chi connectivity index (χ3v) is 2.05. The first-order chi connectivity index (χ1) is 6.86. The van der Waals surface area contributed by atoms with Crippen molar-refractivity contribution in [2.75, 3.05) is 25.0 Å². The largest absolute Gasteiger partial charge is 0.386 e. The fourth-order valence-corrected chi connectivity index (χ4v) is 1.46. The molecule has 0 amide bonds. The zero-order chi connectivity index (χ0) is 9.97. The summed E-state index contributed by atoms with van der Waals surface area (Å²) in [5.74, 6) is 0. The number of pyridine rings is 1. The van der Waals surface area contributed by atoms with Crippen LogP contribution in [0.5, 0.6) is 0 Å². The summed E-state index contributed by atoms with van der Waals surface area (Å²) in [4.78, 5) is 12.1. The van der Waals surface area contributed by atoms with Gasteiger partial charge in [-0.2, -0.15) is 0 Å². The molecule has 3 N–H and O–H groups in total. The van der Waals surface area contributed by atoms with Crippen molar-refractivity contribution in [1.82, 2.24) is 9.97 Å². The van der Waals surface area contributed by atoms with Gasteiger partial charge in [-0.15, -0.1) is 0 Å². The van der Waals surface area contributed by atoms with Crippen molar-refractivity contribution < 1.29 is 4.84 Å². The van der Waals surface area contributed by atoms with Crippen molar-refractivity contribution in [2.24, 2.45) is 0 Å². The van der Waals surface area contributed by atoms with Crippen molar-refractivity contribution in [1.29, 1.82) is 0 Å². The lowest BCUT2D eigenvalue weighted by Gasteiger charge is -2.09. The molecule has 0 saturated carbocycles. The van der Waals surface area contributed by atoms with Crippen molar-refractivity contribution in [2.45, 2.75) is 0 Å². The molecule has 0 aliphatic carbocycles. The van der Waals surface area contributed by atoms with Gasteiger partial charge in [0, 0.05) is 18.6 Å². The van der Waals surface area contributed by atoms with Crippen LogP contribution in [-0.4, -0.2) is 24.1 Å². The summed E-state index contributed by atoms with van der Waals surface area (Å²) >= 11 is 0. The summed E-state index contributed by atoms with van der Waals surface area (Å²) in [7, 11) is 3.43. The maximum Gasteiger partial charge on any atom is 0.139 e. The fraction of sp³-hybridized carbons (Fsp3) is 0.222. The molecule has 2 aromatic rings. The standard InChI is InChI=1S/C9H12N4O/c1-10-8-6-3-4-11-9(6)12-5-7(8)13-14-2/h3-5,13H,1-2H3,(H2,10,11,12). The molecule has 2 rings (SSSR count). The van der Waals surface area contributed by atoms with Gasteiger partial charge in [0.05, 0.1) is 19.0 Å². The van der Waals surface area contributed by atoms with Crippen molar-refractivity contribution in [3.8, 4) is 0 Å². The highest BCUT2D eigenvalue weighted by Crippen LogP contribution is 2.28. The van der Waals surface area contributed by atoms with E-state index in [0.717, 1.165) is 22.4 Å². The van der Waals surface area contributed by atoms with Gasteiger partial charge >= 0.3 is 0 Å². The Bertz CT molecular complexity index is 437. The summed E-state index contributed by atoms with van der Waals surface area (Å²) in [6, 6.07) is 1.97. The maximum atomic E-state index is 4.86. The number of fused-ring (bicyclic) bond motifs is 1. The summed E-state index contributed by atoms with van der Waals surface area (Å²) in [5.41, 5.74) is 5.42. The smallest absolute Gasteiger partial charge is 0.139 e. The van der Waals surface area contributed by atoms with E-state index in [2.05, 4.69) is 20.8 Å². The Kier molecular flexibility index (Phi) is 2.24. The van der Waals surface area contributed by atoms with Gasteiger partial charge in [-0.25, -0.2) is 4.98 Å². The van der Waals surface area contributed by atoms with Gasteiger partial charge in [0.1, 0.15) is 11.3 Å². The highest BCUT2D eigenvalue weighted by Gasteiger charge is 2.07. The lowest BCUT2D eigenvalue weighted by Crippen LogP contribution is -2.01. The van der Waals surface area contributed by atoms with Crippen molar-refractivity contribution >= 4 is 22.4 Å². The number of anilines is 2. The second-order valence-corrected chi connectivity index (χ2v) is 2.84. The highest BCUT2D eigenvalue weighted by molar-refractivity contribution is 5.95. The van der Waals surface area contributed by atoms with Crippen LogP contribution < -0.4 is 10.8 Å². The highest BCUT2D eigenvalue weighted by atomic mass is 16.6. The molecule has 0 aliphatic heterocycles. The summed E-state index contributed by atoms with van der Waals surface area (Å²) in [6.07, 6.45) is 3.57. The Hall–Kier alpha value is -1.75. The number of nitrogens with one attached hydrogen (secondary N) is 3. The van der Waals surface area contributed by atoms with Gasteiger partial charge in [-0.3, -0.25) is 10.3 Å². The van der Waals surface area contributed by atoms with Crippen LogP contribution in [0.3, 0.4) is 0 Å². The van der Waals surface area contributed by atoms with Gasteiger partial charge in [0.25, 0.3) is 0 Å². The van der Waals surface area contributed by atoms with Crippen LogP contribution in [0, 0.1) is 0 Å². The van der Waals surface area contributed by atoms with Crippen LogP contribution in [0.25, 0.3) is 11.0 Å². The van der Waals surface area contributed by atoms with E-state index in [1.165, 1.54) is 0 Å². The SMILES string of the molecule is CNc1c(NOC)cnc2[nH]ccc12. The number of hydrogen-bond acceptors (Lipinski definition) is 4. The Morgan fingerprint density at radius 2 is 2.36 bits per heavy atom. The quantitative estimate of drug-likeness (QED) is 0.646. The lowest BCUT2D eigenvalue weighted by atomic mass is 10.2. The van der Waals surface area contributed by atoms with Gasteiger partial charge < -0.3 is 10.3 Å². The molecule has 5 nitrogen and oxygen atoms in total. The predicted molar refractivity (Wildman–Crippen MR) is 56.3 cm³/mol. The predicted octanol–water partition coefficient (Wildman–Crippen LogP) is 1.58. The molecule has 74 valence electrons. The zero-order valence-corrected chi connectivity index (χ0v) is 8.09. The molecule has 0 saturated heterocycles. The molecule has 14 heavy (non-hydrogen) atoms. The molecule has 0 radical (unpaired) electrons. The number of aromatic nitrogens is 2. The average molecular weight is 192 g/mol. The Balaban J connectivity index is 2.60. The van der Waals surface area contributed by atoms with Gasteiger partial charge in [0.15, 0.2) is 0 Å². The van der Waals surface area contributed by atoms with Crippen LogP contribution in [0.2, 0.25) is 0 Å². The Morgan fingerprint density at radius 1 is 1.50 bits per heavy atom. The average Bonchev–Trinajstić information content (AvgIpc) is 2.66. The first kappa shape index (κ1) is 8.83. The van der Waals surface area contributed by atoms with Crippen LogP contribution in [0.1, 0.15) is 0 Å². The zero-order valence-electron chi connectivity index (χ0n) is 8.09. The molecular weight excluding hydrogens is 180 g/mol. The minimum atomic E-state index is 0.821. The van der Waals surface area contributed by atoms with Gasteiger partial charge in [-0.1, -0.05) is 0 Å². The normalized spacial score (nSPS) is 10.4. The number of H-pyrrole nitrogens is 1. The number of rotatable bonds is 3. The van der Waals surface area contributed by atoms with E-state index in [4.69, 9.17) is 4.84 Å². The van der Waals surface area contributed by atoms with E-state index >= 15 is 0 Å². The molecule has 0 unspecified atom stereocenters. The molecule has 2 heterocycles. The molecule has 0 aliphatic rings. The second kappa shape index (κ2) is 3.55. The molecule has 0 bridgehead atoms. The molecule has 0 fully saturated rings. The van der Waals surface area contributed by atoms with Gasteiger partial charge in [0.2, 0.25) is 0 Å². The molecule has 5 heteroatoms. The number of hydrogen-bond donors (Lipinski definition) is 3. The summed E-state index contributed by atoms with van der Waals surface area (Å²) in [5, 5.41) is 4.14. The van der Waals surface area contributed by atoms with Gasteiger partial charge in [-0.05, 0) is 6.07 Å². The molecular formula is C9H12N4O. The topological polar surface area (TPSA) is 62.0 Å². The van der Waals surface area contributed by atoms with E-state index in [1.54, 1.807) is 13.3 Å². The molecule has 0 atom stereocenters. The van der Waals surface area contributed by atoms with E-state index in [-0.39, 0.29) is 0 Å². The second-order valence-electron chi connectivity index (χ2n) is 2.84.